The molecule has 2 aliphatic rings. The van der Waals surface area contributed by atoms with Crippen molar-refractivity contribution in [2.24, 2.45) is 5.92 Å². The molecular weight excluding hydrogens is 234 g/mol. The quantitative estimate of drug-likeness (QED) is 0.619. The van der Waals surface area contributed by atoms with E-state index in [0.717, 1.165) is 25.7 Å². The van der Waals surface area contributed by atoms with E-state index in [1.807, 2.05) is 0 Å². The number of hydrogen-bond donors (Lipinski definition) is 1. The first kappa shape index (κ1) is 13.2. The van der Waals surface area contributed by atoms with Gasteiger partial charge < -0.3 is 14.8 Å². The second-order valence-corrected chi connectivity index (χ2v) is 5.00. The lowest BCUT2D eigenvalue weighted by atomic mass is 9.90. The molecule has 0 radical (unpaired) electrons. The van der Waals surface area contributed by atoms with Gasteiger partial charge >= 0.3 is 12.1 Å². The molecule has 5 heteroatoms. The van der Waals surface area contributed by atoms with Gasteiger partial charge in [-0.25, -0.2) is 9.59 Å². The van der Waals surface area contributed by atoms with Crippen LogP contribution in [-0.2, 0) is 14.3 Å². The number of amides is 1. The van der Waals surface area contributed by atoms with Crippen LogP contribution < -0.4 is 5.32 Å². The number of alkyl carbamates (subject to hydrolysis) is 1. The van der Waals surface area contributed by atoms with Crippen LogP contribution >= 0.6 is 0 Å². The van der Waals surface area contributed by atoms with Gasteiger partial charge in [-0.1, -0.05) is 25.7 Å². The van der Waals surface area contributed by atoms with E-state index in [0.29, 0.717) is 6.61 Å². The van der Waals surface area contributed by atoms with E-state index in [-0.39, 0.29) is 18.0 Å². The molecule has 0 bridgehead atoms. The molecule has 5 nitrogen and oxygen atoms in total. The molecule has 0 spiro atoms. The Hall–Kier alpha value is -1.26. The Morgan fingerprint density at radius 1 is 1.33 bits per heavy atom. The van der Waals surface area contributed by atoms with E-state index in [1.165, 1.54) is 12.8 Å². The van der Waals surface area contributed by atoms with Crippen LogP contribution in [0.2, 0.25) is 0 Å². The Morgan fingerprint density at radius 3 is 2.61 bits per heavy atom. The fraction of sp³-hybridized carbons (Fsp3) is 0.846. The standard InChI is InChI=1S/C13H21NO4/c1-2-17-12(15)10-11(18-13(16)14-10)9-7-5-3-4-6-8-9/h9-11H,2-8H2,1H3,(H,14,16). The van der Waals surface area contributed by atoms with Crippen molar-refractivity contribution in [3.8, 4) is 0 Å². The highest BCUT2D eigenvalue weighted by molar-refractivity contribution is 5.85. The van der Waals surface area contributed by atoms with Crippen LogP contribution in [0.5, 0.6) is 0 Å². The Labute approximate surface area is 107 Å². The van der Waals surface area contributed by atoms with Crippen molar-refractivity contribution in [1.29, 1.82) is 0 Å². The van der Waals surface area contributed by atoms with Gasteiger partial charge in [-0.15, -0.1) is 0 Å². The third-order valence-corrected chi connectivity index (χ3v) is 3.75. The Kier molecular flexibility index (Phi) is 4.44. The van der Waals surface area contributed by atoms with Gasteiger partial charge in [0.25, 0.3) is 0 Å². The molecule has 0 aromatic rings. The smallest absolute Gasteiger partial charge is 0.408 e. The van der Waals surface area contributed by atoms with Crippen LogP contribution in [0.1, 0.15) is 45.4 Å². The largest absolute Gasteiger partial charge is 0.464 e. The van der Waals surface area contributed by atoms with Gasteiger partial charge in [-0.3, -0.25) is 0 Å². The summed E-state index contributed by atoms with van der Waals surface area (Å²) < 4.78 is 10.3. The number of nitrogens with one attached hydrogen (secondary N) is 1. The molecule has 1 amide bonds. The molecule has 1 aliphatic heterocycles. The molecule has 102 valence electrons. The molecule has 1 heterocycles. The Morgan fingerprint density at radius 2 is 2.00 bits per heavy atom. The molecule has 0 aromatic heterocycles. The Bertz CT molecular complexity index is 310. The fourth-order valence-corrected chi connectivity index (χ4v) is 2.87. The summed E-state index contributed by atoms with van der Waals surface area (Å²) in [7, 11) is 0. The first-order chi connectivity index (χ1) is 8.72. The molecule has 1 saturated heterocycles. The van der Waals surface area contributed by atoms with E-state index < -0.39 is 12.1 Å². The summed E-state index contributed by atoms with van der Waals surface area (Å²) in [5, 5.41) is 2.57. The number of carbonyl (C=O) groups excluding carboxylic acids is 2. The fourth-order valence-electron chi connectivity index (χ4n) is 2.87. The van der Waals surface area contributed by atoms with E-state index in [9.17, 15) is 9.59 Å². The maximum atomic E-state index is 11.8. The summed E-state index contributed by atoms with van der Waals surface area (Å²) >= 11 is 0. The lowest BCUT2D eigenvalue weighted by Gasteiger charge is -2.23. The van der Waals surface area contributed by atoms with Crippen LogP contribution in [0, 0.1) is 5.92 Å². The lowest BCUT2D eigenvalue weighted by molar-refractivity contribution is -0.147. The number of ether oxygens (including phenoxy) is 2. The summed E-state index contributed by atoms with van der Waals surface area (Å²) in [6, 6.07) is -0.624. The first-order valence-electron chi connectivity index (χ1n) is 6.86. The average molecular weight is 255 g/mol. The summed E-state index contributed by atoms with van der Waals surface area (Å²) in [5.41, 5.74) is 0. The van der Waals surface area contributed by atoms with Crippen molar-refractivity contribution in [3.63, 3.8) is 0 Å². The molecule has 0 aromatic carbocycles. The van der Waals surface area contributed by atoms with E-state index in [1.54, 1.807) is 6.92 Å². The minimum absolute atomic E-state index is 0.279. The number of hydrogen-bond acceptors (Lipinski definition) is 4. The summed E-state index contributed by atoms with van der Waals surface area (Å²) in [6.07, 6.45) is 5.95. The van der Waals surface area contributed by atoms with E-state index >= 15 is 0 Å². The zero-order valence-corrected chi connectivity index (χ0v) is 10.8. The summed E-state index contributed by atoms with van der Waals surface area (Å²) in [4.78, 5) is 23.2. The highest BCUT2D eigenvalue weighted by atomic mass is 16.6. The highest BCUT2D eigenvalue weighted by Gasteiger charge is 2.44. The number of rotatable bonds is 3. The molecule has 2 fully saturated rings. The van der Waals surface area contributed by atoms with Crippen LogP contribution in [-0.4, -0.2) is 30.8 Å². The van der Waals surface area contributed by atoms with Crippen molar-refractivity contribution < 1.29 is 19.1 Å². The van der Waals surface area contributed by atoms with Gasteiger partial charge in [0.2, 0.25) is 0 Å². The van der Waals surface area contributed by atoms with Crippen LogP contribution in [0.4, 0.5) is 4.79 Å². The molecule has 18 heavy (non-hydrogen) atoms. The number of carbonyl (C=O) groups is 2. The number of esters is 1. The van der Waals surface area contributed by atoms with Gasteiger partial charge in [0, 0.05) is 0 Å². The van der Waals surface area contributed by atoms with Crippen molar-refractivity contribution >= 4 is 12.1 Å². The second-order valence-electron chi connectivity index (χ2n) is 5.00. The minimum atomic E-state index is -0.624. The molecule has 2 unspecified atom stereocenters. The predicted molar refractivity (Wildman–Crippen MR) is 65.0 cm³/mol. The highest BCUT2D eigenvalue weighted by Crippen LogP contribution is 2.31. The van der Waals surface area contributed by atoms with E-state index in [2.05, 4.69) is 5.32 Å². The predicted octanol–water partition coefficient (Wildman–Crippen LogP) is 2.00. The SMILES string of the molecule is CCOC(=O)C1NC(=O)OC1C1CCCCCC1. The normalized spacial score (nSPS) is 29.3. The summed E-state index contributed by atoms with van der Waals surface area (Å²) in [5.74, 6) is -0.0987. The van der Waals surface area contributed by atoms with E-state index in [4.69, 9.17) is 9.47 Å². The monoisotopic (exact) mass is 255 g/mol. The second kappa shape index (κ2) is 6.07. The van der Waals surface area contributed by atoms with Crippen molar-refractivity contribution in [2.45, 2.75) is 57.6 Å². The molecule has 2 atom stereocenters. The molecule has 1 N–H and O–H groups in total. The van der Waals surface area contributed by atoms with Crippen LogP contribution in [0.25, 0.3) is 0 Å². The van der Waals surface area contributed by atoms with Gasteiger partial charge in [0.15, 0.2) is 6.04 Å². The van der Waals surface area contributed by atoms with Gasteiger partial charge in [-0.05, 0) is 25.7 Å². The average Bonchev–Trinajstić information content (AvgIpc) is 2.58. The molecule has 1 aliphatic carbocycles. The van der Waals surface area contributed by atoms with Crippen LogP contribution in [0.3, 0.4) is 0 Å². The van der Waals surface area contributed by atoms with Crippen molar-refractivity contribution in [3.05, 3.63) is 0 Å². The topological polar surface area (TPSA) is 64.6 Å². The third kappa shape index (κ3) is 2.94. The Balaban J connectivity index is 2.03. The zero-order chi connectivity index (χ0) is 13.0. The third-order valence-electron chi connectivity index (χ3n) is 3.75. The maximum Gasteiger partial charge on any atom is 0.408 e. The summed E-state index contributed by atoms with van der Waals surface area (Å²) in [6.45, 7) is 2.08. The first-order valence-corrected chi connectivity index (χ1v) is 6.86. The van der Waals surface area contributed by atoms with Crippen molar-refractivity contribution in [2.75, 3.05) is 6.61 Å². The van der Waals surface area contributed by atoms with Crippen LogP contribution in [0.15, 0.2) is 0 Å². The molecule has 2 rings (SSSR count). The lowest BCUT2D eigenvalue weighted by Crippen LogP contribution is -2.43. The molecule has 1 saturated carbocycles. The maximum absolute atomic E-state index is 11.8. The van der Waals surface area contributed by atoms with Gasteiger partial charge in [0.05, 0.1) is 6.61 Å². The van der Waals surface area contributed by atoms with Crippen molar-refractivity contribution in [1.82, 2.24) is 5.32 Å². The van der Waals surface area contributed by atoms with Gasteiger partial charge in [-0.2, -0.15) is 0 Å². The zero-order valence-electron chi connectivity index (χ0n) is 10.8. The van der Waals surface area contributed by atoms with Gasteiger partial charge in [0.1, 0.15) is 6.10 Å². The number of cyclic esters (lactones) is 1. The minimum Gasteiger partial charge on any atom is -0.464 e. The molecular formula is C13H21NO4.